The van der Waals surface area contributed by atoms with Gasteiger partial charge in [0, 0.05) is 5.56 Å². The number of nitrogens with zero attached hydrogens (tertiary/aromatic N) is 1. The molecule has 158 valence electrons. The summed E-state index contributed by atoms with van der Waals surface area (Å²) in [4.78, 5) is 29.0. The maximum atomic E-state index is 12.7. The molecular weight excluding hydrogens is 421 g/mol. The molecule has 0 spiro atoms. The van der Waals surface area contributed by atoms with E-state index in [4.69, 9.17) is 9.15 Å². The van der Waals surface area contributed by atoms with Crippen LogP contribution in [0.1, 0.15) is 33.6 Å². The Morgan fingerprint density at radius 3 is 2.53 bits per heavy atom. The van der Waals surface area contributed by atoms with Gasteiger partial charge < -0.3 is 14.5 Å². The molecule has 2 heterocycles. The number of benzene rings is 1. The molecule has 1 amide bonds. The molecular formula is C20H17F3N2O4S. The molecule has 0 radical (unpaired) electrons. The Hall–Kier alpha value is -3.14. The Morgan fingerprint density at radius 2 is 1.93 bits per heavy atom. The van der Waals surface area contributed by atoms with Crippen molar-refractivity contribution in [3.63, 3.8) is 0 Å². The predicted octanol–water partition coefficient (Wildman–Crippen LogP) is 4.59. The van der Waals surface area contributed by atoms with Gasteiger partial charge in [-0.3, -0.25) is 4.79 Å². The fourth-order valence-electron chi connectivity index (χ4n) is 2.51. The smallest absolute Gasteiger partial charge is 0.416 e. The first-order valence-electron chi connectivity index (χ1n) is 8.81. The number of aryl methyl sites for hydroxylation is 1. The van der Waals surface area contributed by atoms with Crippen LogP contribution in [0.3, 0.4) is 0 Å². The number of rotatable bonds is 6. The SMILES string of the molecule is Cc1nc(-c2ccc(C(F)(F)F)cc2)sc1C(=O)OC(C)C(=O)NCc1ccco1. The van der Waals surface area contributed by atoms with Crippen LogP contribution in [-0.2, 0) is 22.3 Å². The minimum atomic E-state index is -4.43. The normalized spacial score (nSPS) is 12.4. The van der Waals surface area contributed by atoms with Crippen LogP contribution in [0.4, 0.5) is 13.2 Å². The molecule has 1 atom stereocenters. The van der Waals surface area contributed by atoms with Gasteiger partial charge in [-0.2, -0.15) is 13.2 Å². The second-order valence-electron chi connectivity index (χ2n) is 6.35. The van der Waals surface area contributed by atoms with E-state index >= 15 is 0 Å². The third kappa shape index (κ3) is 5.07. The quantitative estimate of drug-likeness (QED) is 0.570. The van der Waals surface area contributed by atoms with E-state index < -0.39 is 29.7 Å². The molecule has 2 aromatic heterocycles. The van der Waals surface area contributed by atoms with Gasteiger partial charge in [0.1, 0.15) is 15.6 Å². The Morgan fingerprint density at radius 1 is 1.23 bits per heavy atom. The molecule has 1 N–H and O–H groups in total. The number of nitrogens with one attached hydrogen (secondary N) is 1. The van der Waals surface area contributed by atoms with Gasteiger partial charge in [-0.1, -0.05) is 12.1 Å². The van der Waals surface area contributed by atoms with Gasteiger partial charge in [0.15, 0.2) is 6.10 Å². The van der Waals surface area contributed by atoms with Gasteiger partial charge in [-0.05, 0) is 38.1 Å². The fraction of sp³-hybridized carbons (Fsp3) is 0.250. The molecule has 0 aliphatic heterocycles. The predicted molar refractivity (Wildman–Crippen MR) is 103 cm³/mol. The molecule has 30 heavy (non-hydrogen) atoms. The van der Waals surface area contributed by atoms with Crippen molar-refractivity contribution in [1.29, 1.82) is 0 Å². The van der Waals surface area contributed by atoms with Gasteiger partial charge in [-0.25, -0.2) is 9.78 Å². The van der Waals surface area contributed by atoms with Gasteiger partial charge >= 0.3 is 12.1 Å². The molecule has 0 aliphatic rings. The van der Waals surface area contributed by atoms with Gasteiger partial charge in [0.25, 0.3) is 5.91 Å². The molecule has 3 aromatic rings. The number of hydrogen-bond donors (Lipinski definition) is 1. The van der Waals surface area contributed by atoms with E-state index in [9.17, 15) is 22.8 Å². The maximum absolute atomic E-state index is 12.7. The number of furan rings is 1. The molecule has 10 heteroatoms. The van der Waals surface area contributed by atoms with Crippen molar-refractivity contribution < 1.29 is 31.9 Å². The lowest BCUT2D eigenvalue weighted by molar-refractivity contribution is -0.137. The second-order valence-corrected chi connectivity index (χ2v) is 7.35. The first kappa shape index (κ1) is 21.6. The van der Waals surface area contributed by atoms with E-state index in [1.165, 1.54) is 25.3 Å². The first-order valence-corrected chi connectivity index (χ1v) is 9.63. The van der Waals surface area contributed by atoms with E-state index in [0.717, 1.165) is 23.5 Å². The van der Waals surface area contributed by atoms with Crippen molar-refractivity contribution in [3.05, 3.63) is 64.6 Å². The van der Waals surface area contributed by atoms with Crippen LogP contribution in [-0.4, -0.2) is 23.0 Å². The van der Waals surface area contributed by atoms with Crippen LogP contribution in [0, 0.1) is 6.92 Å². The van der Waals surface area contributed by atoms with Crippen molar-refractivity contribution >= 4 is 23.2 Å². The zero-order valence-corrected chi connectivity index (χ0v) is 16.8. The van der Waals surface area contributed by atoms with Gasteiger partial charge in [0.05, 0.1) is 24.1 Å². The molecule has 0 aliphatic carbocycles. The van der Waals surface area contributed by atoms with Crippen molar-refractivity contribution in [2.24, 2.45) is 0 Å². The van der Waals surface area contributed by atoms with Crippen LogP contribution in [0.15, 0.2) is 47.1 Å². The molecule has 1 aromatic carbocycles. The second kappa shape index (κ2) is 8.70. The summed E-state index contributed by atoms with van der Waals surface area (Å²) in [6.45, 7) is 3.18. The summed E-state index contributed by atoms with van der Waals surface area (Å²) >= 11 is 0.986. The van der Waals surface area contributed by atoms with Crippen LogP contribution >= 0.6 is 11.3 Å². The van der Waals surface area contributed by atoms with Crippen molar-refractivity contribution in [1.82, 2.24) is 10.3 Å². The van der Waals surface area contributed by atoms with E-state index in [0.29, 0.717) is 22.0 Å². The van der Waals surface area contributed by atoms with E-state index in [2.05, 4.69) is 10.3 Å². The molecule has 0 fully saturated rings. The lowest BCUT2D eigenvalue weighted by Crippen LogP contribution is -2.35. The van der Waals surface area contributed by atoms with Gasteiger partial charge in [-0.15, -0.1) is 11.3 Å². The van der Waals surface area contributed by atoms with Gasteiger partial charge in [0.2, 0.25) is 0 Å². The third-order valence-electron chi connectivity index (χ3n) is 4.11. The highest BCUT2D eigenvalue weighted by Gasteiger charge is 2.30. The summed E-state index contributed by atoms with van der Waals surface area (Å²) in [5.41, 5.74) is 0.0380. The average molecular weight is 438 g/mol. The monoisotopic (exact) mass is 438 g/mol. The fourth-order valence-corrected chi connectivity index (χ4v) is 3.46. The number of thiazole rings is 1. The van der Waals surface area contributed by atoms with Crippen LogP contribution < -0.4 is 5.32 Å². The van der Waals surface area contributed by atoms with Crippen LogP contribution in [0.2, 0.25) is 0 Å². The number of hydrogen-bond acceptors (Lipinski definition) is 6. The van der Waals surface area contributed by atoms with Crippen molar-refractivity contribution in [2.75, 3.05) is 0 Å². The summed E-state index contributed by atoms with van der Waals surface area (Å²) in [5, 5.41) is 2.97. The highest BCUT2D eigenvalue weighted by molar-refractivity contribution is 7.17. The summed E-state index contributed by atoms with van der Waals surface area (Å²) in [6, 6.07) is 7.87. The lowest BCUT2D eigenvalue weighted by atomic mass is 10.1. The minimum Gasteiger partial charge on any atom is -0.467 e. The molecule has 6 nitrogen and oxygen atoms in total. The number of carbonyl (C=O) groups excluding carboxylic acids is 2. The third-order valence-corrected chi connectivity index (χ3v) is 5.30. The van der Waals surface area contributed by atoms with E-state index in [1.54, 1.807) is 19.1 Å². The van der Waals surface area contributed by atoms with Crippen LogP contribution in [0.25, 0.3) is 10.6 Å². The lowest BCUT2D eigenvalue weighted by Gasteiger charge is -2.12. The summed E-state index contributed by atoms with van der Waals surface area (Å²) < 4.78 is 48.4. The number of halogens is 3. The highest BCUT2D eigenvalue weighted by Crippen LogP contribution is 2.33. The summed E-state index contributed by atoms with van der Waals surface area (Å²) in [7, 11) is 0. The Bertz CT molecular complexity index is 1030. The number of esters is 1. The van der Waals surface area contributed by atoms with Crippen molar-refractivity contribution in [3.8, 4) is 10.6 Å². The standard InChI is InChI=1S/C20H17F3N2O4S/c1-11-16(19(27)29-12(2)17(26)24-10-15-4-3-9-28-15)30-18(25-11)13-5-7-14(8-6-13)20(21,22)23/h3-9,12H,10H2,1-2H3,(H,24,26). The average Bonchev–Trinajstić information content (AvgIpc) is 3.35. The van der Waals surface area contributed by atoms with E-state index in [-0.39, 0.29) is 11.4 Å². The number of amides is 1. The summed E-state index contributed by atoms with van der Waals surface area (Å²) in [5.74, 6) is -0.671. The number of alkyl halides is 3. The zero-order valence-electron chi connectivity index (χ0n) is 15.9. The Balaban J connectivity index is 1.65. The molecule has 1 unspecified atom stereocenters. The molecule has 0 saturated carbocycles. The Labute approximate surface area is 173 Å². The molecule has 0 bridgehead atoms. The topological polar surface area (TPSA) is 81.4 Å². The zero-order chi connectivity index (χ0) is 21.9. The highest BCUT2D eigenvalue weighted by atomic mass is 32.1. The first-order chi connectivity index (χ1) is 14.1. The summed E-state index contributed by atoms with van der Waals surface area (Å²) in [6.07, 6.45) is -4.01. The number of aromatic nitrogens is 1. The minimum absolute atomic E-state index is 0.158. The number of ether oxygens (including phenoxy) is 1. The van der Waals surface area contributed by atoms with Crippen LogP contribution in [0.5, 0.6) is 0 Å². The Kier molecular flexibility index (Phi) is 6.25. The molecule has 3 rings (SSSR count). The maximum Gasteiger partial charge on any atom is 0.416 e. The largest absolute Gasteiger partial charge is 0.467 e. The van der Waals surface area contributed by atoms with Crippen molar-refractivity contribution in [2.45, 2.75) is 32.7 Å². The number of carbonyl (C=O) groups is 2. The van der Waals surface area contributed by atoms with E-state index in [1.807, 2.05) is 0 Å². The molecule has 0 saturated heterocycles.